The first-order chi connectivity index (χ1) is 10.3. The summed E-state index contributed by atoms with van der Waals surface area (Å²) in [5.41, 5.74) is 2.17. The van der Waals surface area contributed by atoms with Crippen molar-refractivity contribution in [1.29, 1.82) is 0 Å². The minimum absolute atomic E-state index is 0.149. The van der Waals surface area contributed by atoms with Crippen molar-refractivity contribution in [3.8, 4) is 5.88 Å². The Labute approximate surface area is 124 Å². The summed E-state index contributed by atoms with van der Waals surface area (Å²) in [7, 11) is 1.63. The zero-order valence-electron chi connectivity index (χ0n) is 12.1. The van der Waals surface area contributed by atoms with Crippen molar-refractivity contribution in [2.75, 3.05) is 7.11 Å². The highest BCUT2D eigenvalue weighted by Gasteiger charge is 2.30. The smallest absolute Gasteiger partial charge is 0.217 e. The molecule has 0 atom stereocenters. The molecule has 3 nitrogen and oxygen atoms in total. The molecule has 1 saturated carbocycles. The van der Waals surface area contributed by atoms with Crippen LogP contribution < -0.4 is 10.1 Å². The van der Waals surface area contributed by atoms with Crippen molar-refractivity contribution in [3.05, 3.63) is 59.5 Å². The lowest BCUT2D eigenvalue weighted by Crippen LogP contribution is -2.39. The van der Waals surface area contributed by atoms with E-state index in [9.17, 15) is 4.39 Å². The summed E-state index contributed by atoms with van der Waals surface area (Å²) in [5, 5.41) is 3.51. The van der Waals surface area contributed by atoms with Crippen LogP contribution in [0, 0.1) is 5.82 Å². The Bertz CT molecular complexity index is 611. The van der Waals surface area contributed by atoms with Crippen molar-refractivity contribution in [2.24, 2.45) is 0 Å². The topological polar surface area (TPSA) is 34.1 Å². The molecule has 0 radical (unpaired) electrons. The van der Waals surface area contributed by atoms with Gasteiger partial charge in [-0.05, 0) is 42.5 Å². The summed E-state index contributed by atoms with van der Waals surface area (Å²) in [6.45, 7) is 0.748. The maximum absolute atomic E-state index is 13.2. The van der Waals surface area contributed by atoms with Gasteiger partial charge in [-0.25, -0.2) is 9.37 Å². The lowest BCUT2D eigenvalue weighted by atomic mass is 9.76. The van der Waals surface area contributed by atoms with Gasteiger partial charge in [0.15, 0.2) is 0 Å². The molecule has 110 valence electrons. The van der Waals surface area contributed by atoms with E-state index in [0.717, 1.165) is 30.5 Å². The zero-order valence-corrected chi connectivity index (χ0v) is 12.1. The first-order valence-electron chi connectivity index (χ1n) is 7.23. The number of nitrogens with one attached hydrogen (secondary N) is 1. The maximum Gasteiger partial charge on any atom is 0.217 e. The van der Waals surface area contributed by atoms with Gasteiger partial charge < -0.3 is 10.1 Å². The van der Waals surface area contributed by atoms with E-state index >= 15 is 0 Å². The summed E-state index contributed by atoms with van der Waals surface area (Å²) >= 11 is 0. The van der Waals surface area contributed by atoms with E-state index in [0.29, 0.717) is 17.8 Å². The molecular formula is C17H19FN2O. The van der Waals surface area contributed by atoms with Gasteiger partial charge in [0.25, 0.3) is 0 Å². The summed E-state index contributed by atoms with van der Waals surface area (Å²) in [5.74, 6) is 0.990. The van der Waals surface area contributed by atoms with Crippen LogP contribution in [0.2, 0.25) is 0 Å². The second-order valence-electron chi connectivity index (χ2n) is 5.47. The van der Waals surface area contributed by atoms with Crippen LogP contribution in [0.4, 0.5) is 4.39 Å². The van der Waals surface area contributed by atoms with Gasteiger partial charge in [0.05, 0.1) is 7.11 Å². The van der Waals surface area contributed by atoms with E-state index in [1.165, 1.54) is 6.07 Å². The number of ether oxygens (including phenoxy) is 1. The molecule has 1 aromatic carbocycles. The van der Waals surface area contributed by atoms with Crippen molar-refractivity contribution in [2.45, 2.75) is 31.3 Å². The molecule has 0 spiro atoms. The Morgan fingerprint density at radius 2 is 2.14 bits per heavy atom. The van der Waals surface area contributed by atoms with Crippen molar-refractivity contribution < 1.29 is 9.13 Å². The first-order valence-corrected chi connectivity index (χ1v) is 7.23. The molecule has 21 heavy (non-hydrogen) atoms. The highest BCUT2D eigenvalue weighted by Crippen LogP contribution is 2.37. The molecule has 4 heteroatoms. The second kappa shape index (κ2) is 6.22. The predicted molar refractivity (Wildman–Crippen MR) is 79.8 cm³/mol. The van der Waals surface area contributed by atoms with Crippen LogP contribution in [-0.2, 0) is 6.54 Å². The lowest BCUT2D eigenvalue weighted by Gasteiger charge is -2.36. The Morgan fingerprint density at radius 3 is 2.90 bits per heavy atom. The van der Waals surface area contributed by atoms with Gasteiger partial charge in [-0.2, -0.15) is 0 Å². The molecule has 1 N–H and O–H groups in total. The minimum Gasteiger partial charge on any atom is -0.481 e. The van der Waals surface area contributed by atoms with Crippen LogP contribution in [0.1, 0.15) is 29.9 Å². The zero-order chi connectivity index (χ0) is 14.7. The van der Waals surface area contributed by atoms with Gasteiger partial charge in [-0.3, -0.25) is 0 Å². The fourth-order valence-electron chi connectivity index (χ4n) is 2.81. The molecule has 1 aliphatic carbocycles. The SMILES string of the molecule is COc1ncccc1CNC1CC(c2cccc(F)c2)C1. The van der Waals surface area contributed by atoms with E-state index in [4.69, 9.17) is 4.74 Å². The number of pyridine rings is 1. The highest BCUT2D eigenvalue weighted by atomic mass is 19.1. The average molecular weight is 286 g/mol. The third-order valence-electron chi connectivity index (χ3n) is 4.08. The normalized spacial score (nSPS) is 20.9. The van der Waals surface area contributed by atoms with Crippen molar-refractivity contribution in [1.82, 2.24) is 10.3 Å². The van der Waals surface area contributed by atoms with E-state index in [1.54, 1.807) is 25.4 Å². The number of hydrogen-bond acceptors (Lipinski definition) is 3. The molecule has 0 bridgehead atoms. The lowest BCUT2D eigenvalue weighted by molar-refractivity contribution is 0.287. The van der Waals surface area contributed by atoms with Crippen LogP contribution in [0.3, 0.4) is 0 Å². The average Bonchev–Trinajstić information content (AvgIpc) is 2.46. The van der Waals surface area contributed by atoms with Crippen molar-refractivity contribution >= 4 is 0 Å². The van der Waals surface area contributed by atoms with Gasteiger partial charge in [0, 0.05) is 24.3 Å². The second-order valence-corrected chi connectivity index (χ2v) is 5.47. The molecule has 1 heterocycles. The van der Waals surface area contributed by atoms with Gasteiger partial charge in [0.2, 0.25) is 5.88 Å². The van der Waals surface area contributed by atoms with E-state index in [-0.39, 0.29) is 5.82 Å². The molecule has 1 aliphatic rings. The monoisotopic (exact) mass is 286 g/mol. The highest BCUT2D eigenvalue weighted by molar-refractivity contribution is 5.26. The van der Waals surface area contributed by atoms with Gasteiger partial charge in [0.1, 0.15) is 5.82 Å². The quantitative estimate of drug-likeness (QED) is 0.916. The summed E-state index contributed by atoms with van der Waals surface area (Å²) in [6.07, 6.45) is 3.82. The van der Waals surface area contributed by atoms with Crippen LogP contribution in [0.15, 0.2) is 42.6 Å². The number of nitrogens with zero attached hydrogens (tertiary/aromatic N) is 1. The van der Waals surface area contributed by atoms with Crippen LogP contribution in [0.5, 0.6) is 5.88 Å². The molecule has 0 aliphatic heterocycles. The maximum atomic E-state index is 13.2. The minimum atomic E-state index is -0.149. The van der Waals surface area contributed by atoms with Gasteiger partial charge >= 0.3 is 0 Å². The van der Waals surface area contributed by atoms with E-state index < -0.39 is 0 Å². The summed E-state index contributed by atoms with van der Waals surface area (Å²) in [4.78, 5) is 4.19. The summed E-state index contributed by atoms with van der Waals surface area (Å²) < 4.78 is 18.4. The molecule has 0 saturated heterocycles. The Hall–Kier alpha value is -1.94. The number of aromatic nitrogens is 1. The van der Waals surface area contributed by atoms with Crippen LogP contribution >= 0.6 is 0 Å². The van der Waals surface area contributed by atoms with Gasteiger partial charge in [-0.1, -0.05) is 18.2 Å². The molecule has 3 rings (SSSR count). The Balaban J connectivity index is 1.51. The number of benzene rings is 1. The van der Waals surface area contributed by atoms with E-state index in [1.807, 2.05) is 18.2 Å². The Kier molecular flexibility index (Phi) is 4.15. The molecule has 1 fully saturated rings. The number of hydrogen-bond donors (Lipinski definition) is 1. The predicted octanol–water partition coefficient (Wildman–Crippen LogP) is 3.27. The largest absolute Gasteiger partial charge is 0.481 e. The summed E-state index contributed by atoms with van der Waals surface area (Å²) in [6, 6.07) is 11.3. The van der Waals surface area contributed by atoms with Crippen LogP contribution in [0.25, 0.3) is 0 Å². The fourth-order valence-corrected chi connectivity index (χ4v) is 2.81. The van der Waals surface area contributed by atoms with Crippen molar-refractivity contribution in [3.63, 3.8) is 0 Å². The van der Waals surface area contributed by atoms with Gasteiger partial charge in [-0.15, -0.1) is 0 Å². The fraction of sp³-hybridized carbons (Fsp3) is 0.353. The standard InChI is InChI=1S/C17H19FN2O/c1-21-17-13(5-3-7-19-17)11-20-16-9-14(10-16)12-4-2-6-15(18)8-12/h2-8,14,16,20H,9-11H2,1H3. The molecule has 1 aromatic heterocycles. The number of halogens is 1. The molecular weight excluding hydrogens is 267 g/mol. The molecule has 0 unspecified atom stereocenters. The molecule has 2 aromatic rings. The van der Waals surface area contributed by atoms with Crippen LogP contribution in [-0.4, -0.2) is 18.1 Å². The number of rotatable bonds is 5. The van der Waals surface area contributed by atoms with E-state index in [2.05, 4.69) is 10.3 Å². The molecule has 0 amide bonds. The third kappa shape index (κ3) is 3.22. The number of methoxy groups -OCH3 is 1. The third-order valence-corrected chi connectivity index (χ3v) is 4.08. The first kappa shape index (κ1) is 14.0. The Morgan fingerprint density at radius 1 is 1.29 bits per heavy atom.